The lowest BCUT2D eigenvalue weighted by molar-refractivity contribution is -0.143. The minimum atomic E-state index is -1.34. The van der Waals surface area contributed by atoms with Crippen LogP contribution >= 0.6 is 0 Å². The van der Waals surface area contributed by atoms with Crippen molar-refractivity contribution >= 4 is 76.9 Å². The lowest BCUT2D eigenvalue weighted by atomic mass is 9.97. The largest absolute Gasteiger partial charge is 0.480 e. The molecule has 12 amide bonds. The molecule has 0 aliphatic carbocycles. The average Bonchev–Trinajstić information content (AvgIpc) is 1.75. The molecule has 0 radical (unpaired) electrons. The van der Waals surface area contributed by atoms with E-state index in [1.165, 1.54) is 4.90 Å². The average molecular weight is 1610 g/mol. The number of rotatable bonds is 54. The van der Waals surface area contributed by atoms with Crippen LogP contribution in [0, 0.1) is 29.6 Å². The molecule has 1 heterocycles. The van der Waals surface area contributed by atoms with Gasteiger partial charge in [0, 0.05) is 25.8 Å². The molecule has 640 valence electrons. The van der Waals surface area contributed by atoms with E-state index in [9.17, 15) is 57.8 Å². The first-order valence-electron chi connectivity index (χ1n) is 41.3. The summed E-state index contributed by atoms with van der Waals surface area (Å²) in [5, 5.41) is 41.0. The molecule has 0 aromatic heterocycles. The molecule has 1 aliphatic heterocycles. The highest BCUT2D eigenvalue weighted by Crippen LogP contribution is 2.23. The van der Waals surface area contributed by atoms with Crippen molar-refractivity contribution in [2.75, 3.05) is 32.7 Å². The summed E-state index contributed by atoms with van der Waals surface area (Å²) in [7, 11) is 0. The van der Waals surface area contributed by atoms with E-state index in [0.717, 1.165) is 0 Å². The summed E-state index contributed by atoms with van der Waals surface area (Å²) < 4.78 is 0. The zero-order valence-corrected chi connectivity index (χ0v) is 69.3. The van der Waals surface area contributed by atoms with Crippen LogP contribution in [0.5, 0.6) is 0 Å². The van der Waals surface area contributed by atoms with Crippen molar-refractivity contribution in [2.24, 2.45) is 58.3 Å². The highest BCUT2D eigenvalue weighted by molar-refractivity contribution is 6.00. The fourth-order valence-electron chi connectivity index (χ4n) is 13.7. The Kier molecular flexibility index (Phi) is 44.5. The smallest absolute Gasteiger partial charge is 0.326 e. The monoisotopic (exact) mass is 1610 g/mol. The molecule has 1 fully saturated rings. The van der Waals surface area contributed by atoms with Crippen LogP contribution in [-0.2, 0) is 81.6 Å². The number of carbonyl (C=O) groups excluding carboxylic acids is 12. The quantitative estimate of drug-likeness (QED) is 0.0361. The van der Waals surface area contributed by atoms with Crippen LogP contribution in [0.15, 0.2) is 91.0 Å². The third-order valence-corrected chi connectivity index (χ3v) is 20.1. The highest BCUT2D eigenvalue weighted by atomic mass is 16.4. The Morgan fingerprint density at radius 1 is 0.357 bits per heavy atom. The molecular weight excluding hydrogens is 1470 g/mol. The second-order valence-corrected chi connectivity index (χ2v) is 32.2. The first-order chi connectivity index (χ1) is 54.7. The van der Waals surface area contributed by atoms with Crippen molar-refractivity contribution in [1.29, 1.82) is 0 Å². The van der Waals surface area contributed by atoms with E-state index in [2.05, 4.69) is 58.5 Å². The first kappa shape index (κ1) is 97.9. The van der Waals surface area contributed by atoms with Crippen molar-refractivity contribution < 1.29 is 67.4 Å². The zero-order valence-electron chi connectivity index (χ0n) is 69.3. The third-order valence-electron chi connectivity index (χ3n) is 20.1. The van der Waals surface area contributed by atoms with E-state index in [4.69, 9.17) is 28.7 Å². The van der Waals surface area contributed by atoms with Gasteiger partial charge in [0.2, 0.25) is 70.9 Å². The van der Waals surface area contributed by atoms with E-state index in [1.807, 2.05) is 41.5 Å². The van der Waals surface area contributed by atoms with E-state index in [1.54, 1.807) is 119 Å². The molecule has 115 heavy (non-hydrogen) atoms. The molecule has 1 aliphatic rings. The molecule has 31 nitrogen and oxygen atoms in total. The van der Waals surface area contributed by atoms with Crippen LogP contribution in [-0.4, -0.2) is 198 Å². The van der Waals surface area contributed by atoms with Gasteiger partial charge in [-0.2, -0.15) is 0 Å². The van der Waals surface area contributed by atoms with Crippen molar-refractivity contribution in [1.82, 2.24) is 63.4 Å². The van der Waals surface area contributed by atoms with Crippen molar-refractivity contribution in [2.45, 2.75) is 276 Å². The number of carboxylic acid groups (broad SMARTS) is 1. The van der Waals surface area contributed by atoms with Crippen molar-refractivity contribution in [3.8, 4) is 0 Å². The van der Waals surface area contributed by atoms with Crippen LogP contribution in [0.4, 0.5) is 0 Å². The minimum Gasteiger partial charge on any atom is -0.480 e. The molecule has 31 heteroatoms. The summed E-state index contributed by atoms with van der Waals surface area (Å²) in [6.45, 7) is 19.2. The maximum absolute atomic E-state index is 15.2. The number of nitrogens with one attached hydrogen (secondary N) is 11. The van der Waals surface area contributed by atoms with Crippen LogP contribution in [0.1, 0.15) is 195 Å². The van der Waals surface area contributed by atoms with E-state index in [0.29, 0.717) is 101 Å². The Bertz CT molecular complexity index is 3540. The number of carbonyl (C=O) groups is 13. The van der Waals surface area contributed by atoms with Gasteiger partial charge in [0.1, 0.15) is 72.5 Å². The molecular formula is C84H135N17O14. The minimum absolute atomic E-state index is 0.0299. The predicted octanol–water partition coefficient (Wildman–Crippen LogP) is 2.42. The molecule has 22 N–H and O–H groups in total. The number of unbranched alkanes of at least 4 members (excludes halogenated alkanes) is 4. The van der Waals surface area contributed by atoms with Gasteiger partial charge in [-0.15, -0.1) is 0 Å². The maximum atomic E-state index is 15.2. The van der Waals surface area contributed by atoms with Crippen LogP contribution in [0.3, 0.4) is 0 Å². The topological polar surface area (TPSA) is 508 Å². The Hall–Kier alpha value is -9.43. The van der Waals surface area contributed by atoms with Gasteiger partial charge < -0.3 is 97.2 Å². The fourth-order valence-corrected chi connectivity index (χ4v) is 13.7. The normalized spacial score (nSPS) is 15.9. The summed E-state index contributed by atoms with van der Waals surface area (Å²) in [5.41, 5.74) is 31.3. The standard InChI is InChI=1S/C84H135N17O14/c1-51(2)45-63(76(106)94-65(48-56-29-14-11-15-30-56)78(108)95-67(50-58-33-18-13-19-34-58)80(110)100-71(55(9)10)84(114)115)93-79(109)66(49-57-31-16-12-17-32-57)96-81(111)69-39-28-44-101(69)83(113)68(47-53(5)6)98-77(107)64(46-52(3)4)97-82(112)70(54(7)8)99-75(105)62(38-23-27-43-88)92-74(104)61(37-22-26-42-87)91-73(103)60(36-21-25-41-86)90-72(102)59(89)35-20-24-40-85/h11-19,29-34,51-55,59-71H,20-28,35-50,85-89H2,1-10H3,(H,90,102)(H,91,103)(H,92,104)(H,93,109)(H,94,106)(H,95,108)(H,96,111)(H,97,112)(H,98,107)(H,99,105)(H,100,110)(H,114,115)/t59-,60-,61-,62-,63-,64-,65-,66-,67-,68-,69-,70-,71-/m0/s1. The van der Waals surface area contributed by atoms with Gasteiger partial charge in [0.05, 0.1) is 6.04 Å². The number of benzene rings is 3. The number of aliphatic carboxylic acids is 1. The van der Waals surface area contributed by atoms with E-state index >= 15 is 9.59 Å². The lowest BCUT2D eigenvalue weighted by Crippen LogP contribution is -2.61. The molecule has 3 aromatic carbocycles. The summed E-state index contributed by atoms with van der Waals surface area (Å²) in [5.74, 6) is -11.3. The summed E-state index contributed by atoms with van der Waals surface area (Å²) in [6.07, 6.45) is 5.49. The molecule has 13 atom stereocenters. The van der Waals surface area contributed by atoms with Gasteiger partial charge in [-0.1, -0.05) is 167 Å². The summed E-state index contributed by atoms with van der Waals surface area (Å²) >= 11 is 0. The SMILES string of the molecule is CC(C)C[C@H](NC(=O)[C@H](Cc1ccccc1)NC(=O)[C@@H]1CCCN1C(=O)[C@H](CC(C)C)NC(=O)[C@H](CC(C)C)NC(=O)[C@@H](NC(=O)[C@H](CCCCN)NC(=O)[C@H](CCCCN)NC(=O)[C@H](CCCCN)NC(=O)[C@@H](N)CCCCN)C(C)C)C(=O)N[C@@H](Cc1ccccc1)C(=O)N[C@@H](Cc1ccccc1)C(=O)N[C@H](C(=O)O)C(C)C. The molecule has 0 saturated carbocycles. The van der Waals surface area contributed by atoms with Gasteiger partial charge in [0.25, 0.3) is 0 Å². The van der Waals surface area contributed by atoms with Crippen LogP contribution in [0.2, 0.25) is 0 Å². The molecule has 1 saturated heterocycles. The highest BCUT2D eigenvalue weighted by Gasteiger charge is 2.42. The van der Waals surface area contributed by atoms with E-state index in [-0.39, 0.29) is 95.1 Å². The second-order valence-electron chi connectivity index (χ2n) is 32.2. The molecule has 0 unspecified atom stereocenters. The van der Waals surface area contributed by atoms with Gasteiger partial charge in [-0.25, -0.2) is 4.79 Å². The van der Waals surface area contributed by atoms with Gasteiger partial charge in [-0.05, 0) is 175 Å². The van der Waals surface area contributed by atoms with Crippen LogP contribution in [0.25, 0.3) is 0 Å². The van der Waals surface area contributed by atoms with E-state index < -0.39 is 167 Å². The van der Waals surface area contributed by atoms with Crippen LogP contribution < -0.4 is 87.2 Å². The van der Waals surface area contributed by atoms with Crippen molar-refractivity contribution in [3.63, 3.8) is 0 Å². The molecule has 3 aromatic rings. The van der Waals surface area contributed by atoms with Gasteiger partial charge in [0.15, 0.2) is 0 Å². The lowest BCUT2D eigenvalue weighted by Gasteiger charge is -2.32. The van der Waals surface area contributed by atoms with Gasteiger partial charge in [-0.3, -0.25) is 57.5 Å². The Balaban J connectivity index is 1.60. The number of amides is 12. The number of hydrogen-bond acceptors (Lipinski definition) is 18. The van der Waals surface area contributed by atoms with Gasteiger partial charge >= 0.3 is 5.97 Å². The molecule has 0 bridgehead atoms. The number of likely N-dealkylation sites (tertiary alicyclic amines) is 1. The fraction of sp³-hybridized carbons (Fsp3) is 0.631. The summed E-state index contributed by atoms with van der Waals surface area (Å²) in [6, 6.07) is 10.6. The Labute approximate surface area is 679 Å². The molecule has 0 spiro atoms. The zero-order chi connectivity index (χ0) is 85.3. The second kappa shape index (κ2) is 52.2. The number of hydrogen-bond donors (Lipinski definition) is 17. The molecule has 4 rings (SSSR count). The third kappa shape index (κ3) is 35.3. The number of nitrogens with two attached hydrogens (primary N) is 5. The summed E-state index contributed by atoms with van der Waals surface area (Å²) in [4.78, 5) is 188. The Morgan fingerprint density at radius 2 is 0.652 bits per heavy atom. The number of carboxylic acids is 1. The Morgan fingerprint density at radius 3 is 1.03 bits per heavy atom. The predicted molar refractivity (Wildman–Crippen MR) is 442 cm³/mol. The maximum Gasteiger partial charge on any atom is 0.326 e. The first-order valence-corrected chi connectivity index (χ1v) is 41.3. The number of nitrogens with zero attached hydrogens (tertiary/aromatic N) is 1. The van der Waals surface area contributed by atoms with Crippen molar-refractivity contribution in [3.05, 3.63) is 108 Å².